The predicted molar refractivity (Wildman–Crippen MR) is 101 cm³/mol. The maximum Gasteiger partial charge on any atom is 0.227 e. The first-order chi connectivity index (χ1) is 12.0. The van der Waals surface area contributed by atoms with Gasteiger partial charge in [-0.3, -0.25) is 9.59 Å². The molecule has 5 nitrogen and oxygen atoms in total. The highest BCUT2D eigenvalue weighted by Crippen LogP contribution is 2.30. The number of aryl methyl sites for hydroxylation is 1. The van der Waals surface area contributed by atoms with Crippen LogP contribution in [0, 0.1) is 18.8 Å². The maximum atomic E-state index is 12.4. The normalized spacial score (nSPS) is 20.3. The van der Waals surface area contributed by atoms with Gasteiger partial charge in [0.25, 0.3) is 0 Å². The van der Waals surface area contributed by atoms with Gasteiger partial charge in [0.2, 0.25) is 11.8 Å². The zero-order chi connectivity index (χ0) is 18.2. The molecule has 2 rings (SSSR count). The van der Waals surface area contributed by atoms with E-state index in [4.69, 9.17) is 0 Å². The van der Waals surface area contributed by atoms with Crippen molar-refractivity contribution in [3.05, 3.63) is 29.8 Å². The Morgan fingerprint density at radius 3 is 2.32 bits per heavy atom. The van der Waals surface area contributed by atoms with Gasteiger partial charge in [0.05, 0.1) is 0 Å². The van der Waals surface area contributed by atoms with Crippen LogP contribution in [0.5, 0.6) is 0 Å². The van der Waals surface area contributed by atoms with Gasteiger partial charge >= 0.3 is 0 Å². The van der Waals surface area contributed by atoms with Gasteiger partial charge in [0, 0.05) is 24.1 Å². The summed E-state index contributed by atoms with van der Waals surface area (Å²) in [5, 5.41) is 6.04. The maximum absolute atomic E-state index is 12.4. The van der Waals surface area contributed by atoms with Crippen LogP contribution in [0.3, 0.4) is 0 Å². The van der Waals surface area contributed by atoms with Crippen LogP contribution in [0.2, 0.25) is 0 Å². The number of anilines is 1. The molecule has 0 aromatic heterocycles. The highest BCUT2D eigenvalue weighted by atomic mass is 16.2. The van der Waals surface area contributed by atoms with Gasteiger partial charge in [-0.1, -0.05) is 12.1 Å². The Kier molecular flexibility index (Phi) is 7.44. The number of rotatable bonds is 7. The topological polar surface area (TPSA) is 61.4 Å². The summed E-state index contributed by atoms with van der Waals surface area (Å²) in [6.07, 6.45) is 4.13. The predicted octanol–water partition coefficient (Wildman–Crippen LogP) is 2.81. The average Bonchev–Trinajstić information content (AvgIpc) is 2.58. The summed E-state index contributed by atoms with van der Waals surface area (Å²) in [5.41, 5.74) is 1.98. The minimum atomic E-state index is 0.0123. The summed E-state index contributed by atoms with van der Waals surface area (Å²) in [4.78, 5) is 26.8. The Morgan fingerprint density at radius 2 is 1.72 bits per heavy atom. The van der Waals surface area contributed by atoms with E-state index in [2.05, 4.69) is 15.5 Å². The van der Waals surface area contributed by atoms with E-state index in [-0.39, 0.29) is 23.7 Å². The van der Waals surface area contributed by atoms with Gasteiger partial charge < -0.3 is 15.5 Å². The molecule has 1 aliphatic rings. The van der Waals surface area contributed by atoms with Gasteiger partial charge in [0.15, 0.2) is 0 Å². The van der Waals surface area contributed by atoms with E-state index in [1.807, 2.05) is 45.3 Å². The van der Waals surface area contributed by atoms with Crippen molar-refractivity contribution < 1.29 is 9.59 Å². The van der Waals surface area contributed by atoms with Crippen LogP contribution in [0.15, 0.2) is 24.3 Å². The molecule has 2 N–H and O–H groups in total. The molecule has 1 aliphatic carbocycles. The van der Waals surface area contributed by atoms with Crippen molar-refractivity contribution in [1.82, 2.24) is 10.2 Å². The molecular weight excluding hydrogens is 314 g/mol. The minimum absolute atomic E-state index is 0.0123. The summed E-state index contributed by atoms with van der Waals surface area (Å²) >= 11 is 0. The Hall–Kier alpha value is -1.88. The van der Waals surface area contributed by atoms with E-state index < -0.39 is 0 Å². The number of carbonyl (C=O) groups is 2. The third kappa shape index (κ3) is 6.50. The zero-order valence-corrected chi connectivity index (χ0v) is 15.7. The molecule has 0 radical (unpaired) electrons. The zero-order valence-electron chi connectivity index (χ0n) is 15.7. The molecule has 0 atom stereocenters. The standard InChI is InChI=1S/C20H31N3O2/c1-15-6-4-7-18(14-15)22-20(25)17-10-8-16(9-11-17)19(24)21-12-5-13-23(2)3/h4,6-7,14,16-17H,5,8-13H2,1-3H3,(H,21,24)(H,22,25). The second kappa shape index (κ2) is 9.56. The van der Waals surface area contributed by atoms with Crippen molar-refractivity contribution in [3.63, 3.8) is 0 Å². The summed E-state index contributed by atoms with van der Waals surface area (Å²) in [6, 6.07) is 7.85. The molecule has 1 saturated carbocycles. The van der Waals surface area contributed by atoms with Crippen LogP contribution in [-0.2, 0) is 9.59 Å². The molecule has 0 spiro atoms. The first-order valence-electron chi connectivity index (χ1n) is 9.25. The molecular formula is C20H31N3O2. The minimum Gasteiger partial charge on any atom is -0.356 e. The highest BCUT2D eigenvalue weighted by Gasteiger charge is 2.29. The van der Waals surface area contributed by atoms with Crippen LogP contribution >= 0.6 is 0 Å². The van der Waals surface area contributed by atoms with E-state index >= 15 is 0 Å². The molecule has 0 aliphatic heterocycles. The van der Waals surface area contributed by atoms with Crippen molar-refractivity contribution in [3.8, 4) is 0 Å². The van der Waals surface area contributed by atoms with Crippen LogP contribution in [0.25, 0.3) is 0 Å². The Bertz CT molecular complexity index is 578. The second-order valence-electron chi connectivity index (χ2n) is 7.36. The number of hydrogen-bond donors (Lipinski definition) is 2. The SMILES string of the molecule is Cc1cccc(NC(=O)C2CCC(C(=O)NCCCN(C)C)CC2)c1. The van der Waals surface area contributed by atoms with Crippen LogP contribution in [-0.4, -0.2) is 43.9 Å². The third-order valence-corrected chi connectivity index (χ3v) is 4.84. The van der Waals surface area contributed by atoms with E-state index in [9.17, 15) is 9.59 Å². The quantitative estimate of drug-likeness (QED) is 0.747. The summed E-state index contributed by atoms with van der Waals surface area (Å²) in [7, 11) is 4.07. The Morgan fingerprint density at radius 1 is 1.08 bits per heavy atom. The molecule has 138 valence electrons. The lowest BCUT2D eigenvalue weighted by Gasteiger charge is -2.27. The monoisotopic (exact) mass is 345 g/mol. The number of nitrogens with zero attached hydrogens (tertiary/aromatic N) is 1. The third-order valence-electron chi connectivity index (χ3n) is 4.84. The fourth-order valence-electron chi connectivity index (χ4n) is 3.34. The van der Waals surface area contributed by atoms with Crippen LogP contribution < -0.4 is 10.6 Å². The van der Waals surface area contributed by atoms with Crippen molar-refractivity contribution in [2.24, 2.45) is 11.8 Å². The largest absolute Gasteiger partial charge is 0.356 e. The highest BCUT2D eigenvalue weighted by molar-refractivity contribution is 5.92. The second-order valence-corrected chi connectivity index (χ2v) is 7.36. The number of amides is 2. The Balaban J connectivity index is 1.71. The van der Waals surface area contributed by atoms with E-state index in [0.717, 1.165) is 56.4 Å². The molecule has 0 bridgehead atoms. The van der Waals surface area contributed by atoms with E-state index in [0.29, 0.717) is 0 Å². The average molecular weight is 345 g/mol. The number of nitrogens with one attached hydrogen (secondary N) is 2. The van der Waals surface area contributed by atoms with Gasteiger partial charge in [-0.15, -0.1) is 0 Å². The first kappa shape index (κ1) is 19.4. The number of hydrogen-bond acceptors (Lipinski definition) is 3. The van der Waals surface area contributed by atoms with E-state index in [1.165, 1.54) is 0 Å². The van der Waals surface area contributed by atoms with Gasteiger partial charge in [-0.25, -0.2) is 0 Å². The molecule has 2 amide bonds. The molecule has 0 saturated heterocycles. The summed E-state index contributed by atoms with van der Waals surface area (Å²) in [6.45, 7) is 3.72. The van der Waals surface area contributed by atoms with Gasteiger partial charge in [0.1, 0.15) is 0 Å². The van der Waals surface area contributed by atoms with Gasteiger partial charge in [-0.2, -0.15) is 0 Å². The molecule has 1 aromatic carbocycles. The number of benzene rings is 1. The molecule has 0 heterocycles. The van der Waals surface area contributed by atoms with E-state index in [1.54, 1.807) is 0 Å². The van der Waals surface area contributed by atoms with Crippen LogP contribution in [0.1, 0.15) is 37.7 Å². The fourth-order valence-corrected chi connectivity index (χ4v) is 3.34. The Labute approximate surface area is 151 Å². The first-order valence-corrected chi connectivity index (χ1v) is 9.25. The van der Waals surface area contributed by atoms with Crippen molar-refractivity contribution >= 4 is 17.5 Å². The lowest BCUT2D eigenvalue weighted by atomic mass is 9.81. The summed E-state index contributed by atoms with van der Waals surface area (Å²) < 4.78 is 0. The van der Waals surface area contributed by atoms with Gasteiger partial charge in [-0.05, 0) is 77.4 Å². The summed E-state index contributed by atoms with van der Waals surface area (Å²) in [5.74, 6) is 0.299. The molecule has 1 aromatic rings. The fraction of sp³-hybridized carbons (Fsp3) is 0.600. The molecule has 0 unspecified atom stereocenters. The smallest absolute Gasteiger partial charge is 0.227 e. The number of carbonyl (C=O) groups excluding carboxylic acids is 2. The van der Waals surface area contributed by atoms with Crippen LogP contribution in [0.4, 0.5) is 5.69 Å². The molecule has 25 heavy (non-hydrogen) atoms. The lowest BCUT2D eigenvalue weighted by Crippen LogP contribution is -2.36. The molecule has 5 heteroatoms. The van der Waals surface area contributed by atoms with Crippen molar-refractivity contribution in [2.45, 2.75) is 39.0 Å². The van der Waals surface area contributed by atoms with Crippen molar-refractivity contribution in [2.75, 3.05) is 32.5 Å². The van der Waals surface area contributed by atoms with Crippen molar-refractivity contribution in [1.29, 1.82) is 0 Å². The lowest BCUT2D eigenvalue weighted by molar-refractivity contribution is -0.128. The molecule has 1 fully saturated rings.